The summed E-state index contributed by atoms with van der Waals surface area (Å²) in [4.78, 5) is 0. The van der Waals surface area contributed by atoms with Crippen LogP contribution in [0.4, 0.5) is 4.39 Å². The number of benzene rings is 1. The molecule has 0 aliphatic carbocycles. The Hall–Kier alpha value is -0.450. The van der Waals surface area contributed by atoms with Gasteiger partial charge in [-0.1, -0.05) is 22.9 Å². The summed E-state index contributed by atoms with van der Waals surface area (Å²) in [6.07, 6.45) is 1.88. The van der Waals surface area contributed by atoms with Gasteiger partial charge in [0, 0.05) is 10.5 Å². The van der Waals surface area contributed by atoms with E-state index in [1.54, 1.807) is 6.07 Å². The van der Waals surface area contributed by atoms with Crippen LogP contribution in [0.1, 0.15) is 32.8 Å². The predicted octanol–water partition coefficient (Wildman–Crippen LogP) is 3.92. The Morgan fingerprint density at radius 2 is 2.11 bits per heavy atom. The zero-order chi connectivity index (χ0) is 14.3. The van der Waals surface area contributed by atoms with Gasteiger partial charge in [-0.15, -0.1) is 0 Å². The summed E-state index contributed by atoms with van der Waals surface area (Å²) >= 11 is 3.38. The lowest BCUT2D eigenvalue weighted by Crippen LogP contribution is -2.37. The first-order valence-corrected chi connectivity index (χ1v) is 7.61. The first kappa shape index (κ1) is 16.6. The van der Waals surface area contributed by atoms with E-state index in [0.717, 1.165) is 23.0 Å². The van der Waals surface area contributed by atoms with Crippen LogP contribution in [0.2, 0.25) is 0 Å². The van der Waals surface area contributed by atoms with Crippen molar-refractivity contribution in [2.45, 2.75) is 45.8 Å². The van der Waals surface area contributed by atoms with Crippen LogP contribution in [0.15, 0.2) is 22.7 Å². The summed E-state index contributed by atoms with van der Waals surface area (Å²) < 4.78 is 20.3. The van der Waals surface area contributed by atoms with Gasteiger partial charge in [-0.05, 0) is 57.0 Å². The molecule has 1 rings (SSSR count). The predicted molar refractivity (Wildman–Crippen MR) is 81.0 cm³/mol. The fourth-order valence-electron chi connectivity index (χ4n) is 1.81. The van der Waals surface area contributed by atoms with E-state index >= 15 is 0 Å². The van der Waals surface area contributed by atoms with Crippen LogP contribution in [0.5, 0.6) is 0 Å². The van der Waals surface area contributed by atoms with Crippen LogP contribution < -0.4 is 5.32 Å². The SMILES string of the molecule is CCCNC(COC(C)C)Cc1cc(Br)ccc1F. The highest BCUT2D eigenvalue weighted by Crippen LogP contribution is 2.17. The fraction of sp³-hybridized carbons (Fsp3) is 0.600. The van der Waals surface area contributed by atoms with Crippen molar-refractivity contribution < 1.29 is 9.13 Å². The molecule has 0 spiro atoms. The summed E-state index contributed by atoms with van der Waals surface area (Å²) in [6.45, 7) is 7.66. The fourth-order valence-corrected chi connectivity index (χ4v) is 2.22. The van der Waals surface area contributed by atoms with Gasteiger partial charge in [0.2, 0.25) is 0 Å². The molecular weight excluding hydrogens is 309 g/mol. The minimum absolute atomic E-state index is 0.145. The van der Waals surface area contributed by atoms with E-state index in [1.807, 2.05) is 19.9 Å². The van der Waals surface area contributed by atoms with E-state index < -0.39 is 0 Å². The van der Waals surface area contributed by atoms with Crippen LogP contribution in [-0.2, 0) is 11.2 Å². The van der Waals surface area contributed by atoms with Crippen molar-refractivity contribution in [3.8, 4) is 0 Å². The van der Waals surface area contributed by atoms with E-state index in [9.17, 15) is 4.39 Å². The second kappa shape index (κ2) is 8.67. The number of rotatable bonds is 8. The highest BCUT2D eigenvalue weighted by Gasteiger charge is 2.13. The highest BCUT2D eigenvalue weighted by atomic mass is 79.9. The Balaban J connectivity index is 2.66. The second-order valence-corrected chi connectivity index (χ2v) is 5.89. The quantitative estimate of drug-likeness (QED) is 0.779. The molecule has 1 aromatic rings. The molecule has 1 unspecified atom stereocenters. The largest absolute Gasteiger partial charge is 0.377 e. The van der Waals surface area contributed by atoms with Crippen LogP contribution >= 0.6 is 15.9 Å². The summed E-state index contributed by atoms with van der Waals surface area (Å²) in [5.74, 6) is -0.156. The minimum Gasteiger partial charge on any atom is -0.377 e. The lowest BCUT2D eigenvalue weighted by molar-refractivity contribution is 0.0611. The van der Waals surface area contributed by atoms with E-state index in [0.29, 0.717) is 13.0 Å². The molecule has 1 aromatic carbocycles. The van der Waals surface area contributed by atoms with Gasteiger partial charge < -0.3 is 10.1 Å². The van der Waals surface area contributed by atoms with Crippen molar-refractivity contribution in [3.05, 3.63) is 34.1 Å². The summed E-state index contributed by atoms with van der Waals surface area (Å²) in [7, 11) is 0. The molecule has 4 heteroatoms. The van der Waals surface area contributed by atoms with Crippen molar-refractivity contribution in [1.29, 1.82) is 0 Å². The molecule has 0 saturated carbocycles. The first-order chi connectivity index (χ1) is 9.02. The maximum atomic E-state index is 13.8. The molecule has 19 heavy (non-hydrogen) atoms. The number of halogens is 2. The van der Waals surface area contributed by atoms with Gasteiger partial charge in [-0.25, -0.2) is 4.39 Å². The number of hydrogen-bond donors (Lipinski definition) is 1. The Morgan fingerprint density at radius 1 is 1.37 bits per heavy atom. The van der Waals surface area contributed by atoms with Crippen molar-refractivity contribution in [1.82, 2.24) is 5.32 Å². The Labute approximate surface area is 123 Å². The van der Waals surface area contributed by atoms with Gasteiger partial charge in [0.1, 0.15) is 5.82 Å². The summed E-state index contributed by atoms with van der Waals surface area (Å²) in [6, 6.07) is 5.20. The molecule has 0 bridgehead atoms. The van der Waals surface area contributed by atoms with Gasteiger partial charge in [0.05, 0.1) is 12.7 Å². The summed E-state index contributed by atoms with van der Waals surface area (Å²) in [5, 5.41) is 3.41. The van der Waals surface area contributed by atoms with Gasteiger partial charge in [0.25, 0.3) is 0 Å². The molecule has 1 N–H and O–H groups in total. The van der Waals surface area contributed by atoms with E-state index in [4.69, 9.17) is 4.74 Å². The molecule has 0 radical (unpaired) electrons. The van der Waals surface area contributed by atoms with Gasteiger partial charge in [-0.2, -0.15) is 0 Å². The van der Waals surface area contributed by atoms with E-state index in [-0.39, 0.29) is 18.0 Å². The Morgan fingerprint density at radius 3 is 2.74 bits per heavy atom. The summed E-state index contributed by atoms with van der Waals surface area (Å²) in [5.41, 5.74) is 0.718. The average Bonchev–Trinajstić information content (AvgIpc) is 2.36. The normalized spacial score (nSPS) is 12.9. The number of hydrogen-bond acceptors (Lipinski definition) is 2. The van der Waals surface area contributed by atoms with Gasteiger partial charge in [-0.3, -0.25) is 0 Å². The molecule has 0 aliphatic rings. The molecule has 0 fully saturated rings. The second-order valence-electron chi connectivity index (χ2n) is 4.97. The molecule has 1 atom stereocenters. The standard InChI is InChI=1S/C15H23BrFNO/c1-4-7-18-14(10-19-11(2)3)9-12-8-13(16)5-6-15(12)17/h5-6,8,11,14,18H,4,7,9-10H2,1-3H3. The molecule has 2 nitrogen and oxygen atoms in total. The molecule has 0 saturated heterocycles. The Kier molecular flexibility index (Phi) is 7.57. The monoisotopic (exact) mass is 331 g/mol. The van der Waals surface area contributed by atoms with Crippen molar-refractivity contribution in [2.24, 2.45) is 0 Å². The molecule has 108 valence electrons. The van der Waals surface area contributed by atoms with E-state index in [1.165, 1.54) is 6.07 Å². The maximum Gasteiger partial charge on any atom is 0.126 e. The minimum atomic E-state index is -0.156. The topological polar surface area (TPSA) is 21.3 Å². The lowest BCUT2D eigenvalue weighted by atomic mass is 10.1. The van der Waals surface area contributed by atoms with Crippen LogP contribution in [0, 0.1) is 5.82 Å². The third-order valence-electron chi connectivity index (χ3n) is 2.79. The highest BCUT2D eigenvalue weighted by molar-refractivity contribution is 9.10. The lowest BCUT2D eigenvalue weighted by Gasteiger charge is -2.20. The third-order valence-corrected chi connectivity index (χ3v) is 3.28. The number of ether oxygens (including phenoxy) is 1. The zero-order valence-electron chi connectivity index (χ0n) is 11.9. The number of nitrogens with one attached hydrogen (secondary N) is 1. The van der Waals surface area contributed by atoms with Gasteiger partial charge in [0.15, 0.2) is 0 Å². The van der Waals surface area contributed by atoms with Crippen molar-refractivity contribution in [2.75, 3.05) is 13.2 Å². The van der Waals surface area contributed by atoms with Crippen LogP contribution in [0.25, 0.3) is 0 Å². The zero-order valence-corrected chi connectivity index (χ0v) is 13.5. The molecular formula is C15H23BrFNO. The molecule has 0 heterocycles. The third kappa shape index (κ3) is 6.50. The molecule has 0 aliphatic heterocycles. The van der Waals surface area contributed by atoms with Crippen LogP contribution in [0.3, 0.4) is 0 Å². The van der Waals surface area contributed by atoms with E-state index in [2.05, 4.69) is 28.2 Å². The Bertz CT molecular complexity index is 384. The van der Waals surface area contributed by atoms with Crippen molar-refractivity contribution >= 4 is 15.9 Å². The maximum absolute atomic E-state index is 13.8. The molecule has 0 aromatic heterocycles. The van der Waals surface area contributed by atoms with Gasteiger partial charge >= 0.3 is 0 Å². The first-order valence-electron chi connectivity index (χ1n) is 6.81. The molecule has 0 amide bonds. The van der Waals surface area contributed by atoms with Crippen LogP contribution in [-0.4, -0.2) is 25.3 Å². The smallest absolute Gasteiger partial charge is 0.126 e. The average molecular weight is 332 g/mol. The van der Waals surface area contributed by atoms with Crippen molar-refractivity contribution in [3.63, 3.8) is 0 Å².